The number of rotatable bonds is 16. The second-order valence-corrected chi connectivity index (χ2v) is 35.9. The SMILES string of the molecule is CC1(C)OB(c2cccc(-c3ccc4cc(P(=O)(c5ccccc5)c5ccccc5)ccc4c3)c2)OC1(C)C.Clc1nc(-c2ccccc2)nc(-c2ccc(-c3ccccc3)cc2)n1.O=P(c1ccccc1)(c1ccccc1)c1ccc2cc(-c3cccc(-c4nc(-c5ccccc5)nc(-c5ccc(-c6ccccc6)cc5)n4)c3)ccc2c1.[BH4-]. The molecular weight excluding hydrogens is 1520 g/mol. The predicted octanol–water partition coefficient (Wildman–Crippen LogP) is 21.5. The maximum Gasteiger partial charge on any atom is 0.494 e. The third-order valence-electron chi connectivity index (χ3n) is 21.9. The van der Waals surface area contributed by atoms with Gasteiger partial charge in [-0.15, -0.1) is 0 Å². The highest BCUT2D eigenvalue weighted by atomic mass is 35.5. The predicted molar refractivity (Wildman–Crippen MR) is 501 cm³/mol. The standard InChI is InChI=1S/C49H34N3OP.C34H32BO3P.C21H14ClN3.BH4/c53-54(44-20-9-3-10-21-44,45-22-11-4-12-23-45)46-31-30-41-32-40(28-29-42(41)34-46)39-18-13-19-43(33-39)49-51-47(37-16-7-2-8-17-37)50-48(52-49)38-26-24-36(25-27-38)35-14-5-1-6-15-35;1-33(2)34(3,4)38-35(37-33)29-13-11-12-25(23-29)26-18-19-28-24-32(21-20-27(28)22-26)39(36,30-14-7-5-8-15-30)31-16-9-6-10-17-31;22-21-24-19(17-9-5-2-6-10-17)23-20(25-21)18-13-11-16(12-14-18)15-7-3-1-4-8-15;/h1-34H;5-24H,1-4H3;1-14H;1H4/q;;;-1. The topological polar surface area (TPSA) is 130 Å². The van der Waals surface area contributed by atoms with Crippen LogP contribution in [0.3, 0.4) is 0 Å². The number of nitrogens with zero attached hydrogens (tertiary/aromatic N) is 6. The van der Waals surface area contributed by atoms with Crippen molar-refractivity contribution in [1.82, 2.24) is 29.9 Å². The van der Waals surface area contributed by atoms with E-state index in [0.717, 1.165) is 126 Å². The van der Waals surface area contributed by atoms with Crippen molar-refractivity contribution in [2.24, 2.45) is 0 Å². The first kappa shape index (κ1) is 79.7. The monoisotopic (exact) mass is 1600 g/mol. The van der Waals surface area contributed by atoms with E-state index in [1.54, 1.807) is 0 Å². The lowest BCUT2D eigenvalue weighted by atomic mass is 9.78. The van der Waals surface area contributed by atoms with E-state index in [0.29, 0.717) is 29.1 Å². The van der Waals surface area contributed by atoms with Crippen LogP contribution in [0, 0.1) is 0 Å². The summed E-state index contributed by atoms with van der Waals surface area (Å²) in [6, 6.07) is 138. The molecule has 16 aromatic carbocycles. The van der Waals surface area contributed by atoms with Gasteiger partial charge in [-0.1, -0.05) is 391 Å². The van der Waals surface area contributed by atoms with Crippen molar-refractivity contribution in [3.05, 3.63) is 418 Å². The van der Waals surface area contributed by atoms with Crippen molar-refractivity contribution in [2.45, 2.75) is 38.9 Å². The van der Waals surface area contributed by atoms with Crippen LogP contribution in [0.5, 0.6) is 0 Å². The van der Waals surface area contributed by atoms with E-state index >= 15 is 4.57 Å². The summed E-state index contributed by atoms with van der Waals surface area (Å²) in [6.07, 6.45) is 0. The molecule has 1 fully saturated rings. The van der Waals surface area contributed by atoms with Gasteiger partial charge in [0.15, 0.2) is 43.4 Å². The molecular formula is C104H84B2ClN6O4P2-. The first-order valence-electron chi connectivity index (χ1n) is 39.3. The smallest absolute Gasteiger partial charge is 0.399 e. The summed E-state index contributed by atoms with van der Waals surface area (Å²) in [5, 5.41) is 9.44. The van der Waals surface area contributed by atoms with Crippen LogP contribution < -0.4 is 37.3 Å². The van der Waals surface area contributed by atoms with Crippen LogP contribution in [0.25, 0.3) is 123 Å². The van der Waals surface area contributed by atoms with Crippen molar-refractivity contribution in [3.8, 4) is 101 Å². The Bertz CT molecular complexity index is 6590. The van der Waals surface area contributed by atoms with Crippen molar-refractivity contribution in [1.29, 1.82) is 0 Å². The van der Waals surface area contributed by atoms with Gasteiger partial charge in [0, 0.05) is 59.6 Å². The highest BCUT2D eigenvalue weighted by Crippen LogP contribution is 2.46. The Morgan fingerprint density at radius 2 is 0.479 bits per heavy atom. The zero-order valence-electron chi connectivity index (χ0n) is 65.4. The van der Waals surface area contributed by atoms with Crippen molar-refractivity contribution < 1.29 is 18.4 Å². The summed E-state index contributed by atoms with van der Waals surface area (Å²) in [5.41, 5.74) is 13.8. The van der Waals surface area contributed by atoms with Gasteiger partial charge in [-0.2, -0.15) is 9.97 Å². The third-order valence-corrected chi connectivity index (χ3v) is 28.1. The van der Waals surface area contributed by atoms with Crippen LogP contribution >= 0.6 is 25.9 Å². The summed E-state index contributed by atoms with van der Waals surface area (Å²) >= 11 is 6.11. The van der Waals surface area contributed by atoms with Crippen LogP contribution in [0.15, 0.2) is 413 Å². The van der Waals surface area contributed by atoms with Crippen LogP contribution in [0.4, 0.5) is 0 Å². The summed E-state index contributed by atoms with van der Waals surface area (Å²) in [5.74, 6) is 2.99. The van der Waals surface area contributed by atoms with Crippen LogP contribution in [0.1, 0.15) is 27.7 Å². The van der Waals surface area contributed by atoms with E-state index < -0.39 is 21.4 Å². The molecule has 0 spiro atoms. The van der Waals surface area contributed by atoms with Crippen LogP contribution in [-0.4, -0.2) is 56.6 Å². The molecule has 1 saturated heterocycles. The Morgan fingerprint density at radius 1 is 0.235 bits per heavy atom. The van der Waals surface area contributed by atoms with E-state index in [1.807, 2.05) is 255 Å². The largest absolute Gasteiger partial charge is 0.494 e. The van der Waals surface area contributed by atoms with Gasteiger partial charge in [-0.3, -0.25) is 0 Å². The summed E-state index contributed by atoms with van der Waals surface area (Å²) in [4.78, 5) is 28.0. The zero-order valence-corrected chi connectivity index (χ0v) is 68.0. The van der Waals surface area contributed by atoms with Crippen LogP contribution in [0.2, 0.25) is 5.28 Å². The van der Waals surface area contributed by atoms with Gasteiger partial charge in [0.2, 0.25) is 5.28 Å². The molecule has 18 aromatic rings. The lowest BCUT2D eigenvalue weighted by Gasteiger charge is -2.32. The summed E-state index contributed by atoms with van der Waals surface area (Å²) in [7, 11) is -6.50. The number of halogens is 1. The van der Waals surface area contributed by atoms with Gasteiger partial charge in [0.05, 0.1) is 11.2 Å². The van der Waals surface area contributed by atoms with Gasteiger partial charge >= 0.3 is 7.12 Å². The Kier molecular flexibility index (Phi) is 23.4. The molecule has 15 heteroatoms. The molecule has 0 amide bonds. The highest BCUT2D eigenvalue weighted by Gasteiger charge is 2.52. The van der Waals surface area contributed by atoms with Gasteiger partial charge in [-0.25, -0.2) is 19.9 Å². The fraction of sp³-hybridized carbons (Fsp3) is 0.0577. The maximum absolute atomic E-state index is 15.0. The molecule has 0 aliphatic carbocycles. The Labute approximate surface area is 701 Å². The molecule has 3 heterocycles. The average Bonchev–Trinajstić information content (AvgIpc) is 1.57. The molecule has 10 nitrogen and oxygen atoms in total. The molecule has 1 aliphatic rings. The first-order valence-corrected chi connectivity index (χ1v) is 43.1. The molecule has 2 aromatic heterocycles. The van der Waals surface area contributed by atoms with E-state index in [2.05, 4.69) is 200 Å². The fourth-order valence-corrected chi connectivity index (χ4v) is 20.3. The fourth-order valence-electron chi connectivity index (χ4n) is 14.8. The second kappa shape index (κ2) is 35.0. The number of fused-ring (bicyclic) bond motifs is 2. The number of benzene rings is 16. The molecule has 0 saturated carbocycles. The third kappa shape index (κ3) is 17.2. The first-order chi connectivity index (χ1) is 57.6. The Balaban J connectivity index is 0.000000142. The van der Waals surface area contributed by atoms with Crippen molar-refractivity contribution >= 4 is 100 Å². The second-order valence-electron chi connectivity index (χ2n) is 30.0. The number of hydrogen-bond acceptors (Lipinski definition) is 10. The van der Waals surface area contributed by atoms with E-state index in [9.17, 15) is 4.57 Å². The van der Waals surface area contributed by atoms with Gasteiger partial charge in [0.25, 0.3) is 0 Å². The number of aromatic nitrogens is 6. The van der Waals surface area contributed by atoms with Gasteiger partial charge < -0.3 is 18.4 Å². The molecule has 0 unspecified atom stereocenters. The maximum atomic E-state index is 15.0. The average molecular weight is 1600 g/mol. The summed E-state index contributed by atoms with van der Waals surface area (Å²) < 4.78 is 42.4. The molecule has 578 valence electrons. The molecule has 0 N–H and O–H groups in total. The molecule has 0 bridgehead atoms. The lowest BCUT2D eigenvalue weighted by Crippen LogP contribution is -2.41. The molecule has 0 atom stereocenters. The van der Waals surface area contributed by atoms with Gasteiger partial charge in [-0.05, 0) is 141 Å². The Morgan fingerprint density at radius 3 is 0.849 bits per heavy atom. The lowest BCUT2D eigenvalue weighted by molar-refractivity contribution is 0.00578. The Hall–Kier alpha value is -13.1. The zero-order chi connectivity index (χ0) is 80.6. The summed E-state index contributed by atoms with van der Waals surface area (Å²) in [6.45, 7) is 8.29. The van der Waals surface area contributed by atoms with Crippen molar-refractivity contribution in [3.63, 3.8) is 0 Å². The molecule has 0 radical (unpaired) electrons. The molecule has 119 heavy (non-hydrogen) atoms. The van der Waals surface area contributed by atoms with Gasteiger partial charge in [0.1, 0.15) is 0 Å². The minimum Gasteiger partial charge on any atom is -0.399 e. The minimum atomic E-state index is -3.08. The van der Waals surface area contributed by atoms with E-state index in [-0.39, 0.29) is 24.9 Å². The molecule has 1 aliphatic heterocycles. The number of hydrogen-bond donors (Lipinski definition) is 0. The van der Waals surface area contributed by atoms with Crippen LogP contribution in [-0.2, 0) is 18.4 Å². The van der Waals surface area contributed by atoms with E-state index in [1.165, 1.54) is 5.56 Å². The highest BCUT2D eigenvalue weighted by molar-refractivity contribution is 7.85. The quantitative estimate of drug-likeness (QED) is 0.0681. The molecule has 19 rings (SSSR count). The van der Waals surface area contributed by atoms with E-state index in [4.69, 9.17) is 35.9 Å². The van der Waals surface area contributed by atoms with Crippen molar-refractivity contribution in [2.75, 3.05) is 0 Å². The normalized spacial score (nSPS) is 12.8. The minimum absolute atomic E-state index is 0.